The van der Waals surface area contributed by atoms with Gasteiger partial charge in [0.1, 0.15) is 0 Å². The van der Waals surface area contributed by atoms with E-state index in [4.69, 9.17) is 5.73 Å². The number of nitrogens with one attached hydrogen (secondary N) is 1. The molecule has 0 saturated heterocycles. The van der Waals surface area contributed by atoms with Crippen molar-refractivity contribution in [1.82, 2.24) is 0 Å². The van der Waals surface area contributed by atoms with Gasteiger partial charge in [-0.25, -0.2) is 0 Å². The second-order valence-electron chi connectivity index (χ2n) is 5.20. The summed E-state index contributed by atoms with van der Waals surface area (Å²) >= 11 is 0. The van der Waals surface area contributed by atoms with Crippen LogP contribution in [0.15, 0.2) is 23.2 Å². The summed E-state index contributed by atoms with van der Waals surface area (Å²) in [6, 6.07) is 6.06. The molecular weight excluding hydrogens is 353 g/mol. The summed E-state index contributed by atoms with van der Waals surface area (Å²) < 4.78 is 0. The molecule has 1 fully saturated rings. The zero-order valence-electron chi connectivity index (χ0n) is 11.4. The lowest BCUT2D eigenvalue weighted by Gasteiger charge is -2.34. The van der Waals surface area contributed by atoms with Crippen molar-refractivity contribution in [3.05, 3.63) is 29.3 Å². The summed E-state index contributed by atoms with van der Waals surface area (Å²) in [6.45, 7) is 4.52. The van der Waals surface area contributed by atoms with Crippen LogP contribution in [-0.2, 0) is 0 Å². The number of halogens is 1. The van der Waals surface area contributed by atoms with Gasteiger partial charge in [0.25, 0.3) is 0 Å². The van der Waals surface area contributed by atoms with Crippen LogP contribution in [0.1, 0.15) is 30.4 Å². The van der Waals surface area contributed by atoms with Gasteiger partial charge in [-0.2, -0.15) is 0 Å². The van der Waals surface area contributed by atoms with E-state index in [-0.39, 0.29) is 24.0 Å². The fourth-order valence-electron chi connectivity index (χ4n) is 1.98. The molecule has 19 heavy (non-hydrogen) atoms. The minimum absolute atomic E-state index is 0. The van der Waals surface area contributed by atoms with Crippen LogP contribution in [0.25, 0.3) is 0 Å². The Labute approximate surface area is 131 Å². The van der Waals surface area contributed by atoms with Crippen molar-refractivity contribution < 1.29 is 5.11 Å². The maximum atomic E-state index is 9.92. The second kappa shape index (κ2) is 6.56. The molecule has 2 rings (SSSR count). The van der Waals surface area contributed by atoms with E-state index in [9.17, 15) is 5.11 Å². The van der Waals surface area contributed by atoms with Crippen molar-refractivity contribution in [2.75, 3.05) is 11.9 Å². The van der Waals surface area contributed by atoms with E-state index in [0.29, 0.717) is 12.5 Å². The molecule has 0 radical (unpaired) electrons. The first kappa shape index (κ1) is 16.2. The molecule has 5 heteroatoms. The Hall–Kier alpha value is -0.820. The molecule has 1 aromatic carbocycles. The number of hydrogen-bond acceptors (Lipinski definition) is 2. The number of aryl methyl sites for hydroxylation is 2. The second-order valence-corrected chi connectivity index (χ2v) is 5.20. The number of guanidine groups is 1. The maximum absolute atomic E-state index is 9.92. The Morgan fingerprint density at radius 3 is 2.58 bits per heavy atom. The Kier molecular flexibility index (Phi) is 5.61. The van der Waals surface area contributed by atoms with Crippen molar-refractivity contribution in [3.63, 3.8) is 0 Å². The van der Waals surface area contributed by atoms with Crippen molar-refractivity contribution in [2.45, 2.75) is 38.7 Å². The summed E-state index contributed by atoms with van der Waals surface area (Å²) in [5, 5.41) is 13.0. The molecule has 1 aliphatic rings. The van der Waals surface area contributed by atoms with Crippen LogP contribution in [0.3, 0.4) is 0 Å². The molecule has 0 atom stereocenters. The van der Waals surface area contributed by atoms with E-state index in [1.165, 1.54) is 11.1 Å². The number of aliphatic imine (C=N–C) groups is 1. The molecule has 4 nitrogen and oxygen atoms in total. The Morgan fingerprint density at radius 1 is 1.37 bits per heavy atom. The normalized spacial score (nSPS) is 17.3. The van der Waals surface area contributed by atoms with Crippen LogP contribution >= 0.6 is 24.0 Å². The highest BCUT2D eigenvalue weighted by Gasteiger charge is 2.33. The molecule has 106 valence electrons. The highest BCUT2D eigenvalue weighted by atomic mass is 127. The first-order valence-corrected chi connectivity index (χ1v) is 6.35. The summed E-state index contributed by atoms with van der Waals surface area (Å²) in [6.07, 6.45) is 2.73. The molecule has 1 aliphatic carbocycles. The summed E-state index contributed by atoms with van der Waals surface area (Å²) in [4.78, 5) is 4.20. The average Bonchev–Trinajstić information content (AvgIpc) is 2.29. The van der Waals surface area contributed by atoms with Gasteiger partial charge in [-0.3, -0.25) is 4.99 Å². The summed E-state index contributed by atoms with van der Waals surface area (Å²) in [7, 11) is 0. The van der Waals surface area contributed by atoms with Gasteiger partial charge in [0.15, 0.2) is 5.96 Å². The van der Waals surface area contributed by atoms with E-state index in [0.717, 1.165) is 24.9 Å². The largest absolute Gasteiger partial charge is 0.388 e. The number of rotatable bonds is 3. The molecule has 0 aromatic heterocycles. The number of anilines is 1. The standard InChI is InChI=1S/C14H21N3O.HI/c1-10-4-5-12(8-11(10)2)17-13(15)16-9-14(18)6-3-7-14;/h4-5,8,18H,3,6-7,9H2,1-2H3,(H3,15,16,17);1H. The van der Waals surface area contributed by atoms with Gasteiger partial charge >= 0.3 is 0 Å². The van der Waals surface area contributed by atoms with E-state index < -0.39 is 5.60 Å². The molecule has 0 bridgehead atoms. The predicted octanol–water partition coefficient (Wildman–Crippen LogP) is 2.56. The van der Waals surface area contributed by atoms with Crippen molar-refractivity contribution in [2.24, 2.45) is 10.7 Å². The number of hydrogen-bond donors (Lipinski definition) is 3. The summed E-state index contributed by atoms with van der Waals surface area (Å²) in [5.74, 6) is 0.360. The van der Waals surface area contributed by atoms with Crippen LogP contribution in [0.2, 0.25) is 0 Å². The Morgan fingerprint density at radius 2 is 2.05 bits per heavy atom. The first-order valence-electron chi connectivity index (χ1n) is 6.35. The lowest BCUT2D eigenvalue weighted by molar-refractivity contribution is -0.0235. The van der Waals surface area contributed by atoms with Gasteiger partial charge in [0, 0.05) is 5.69 Å². The maximum Gasteiger partial charge on any atom is 0.193 e. The smallest absolute Gasteiger partial charge is 0.193 e. The molecule has 0 aliphatic heterocycles. The third-order valence-corrected chi connectivity index (χ3v) is 3.61. The van der Waals surface area contributed by atoms with Crippen LogP contribution in [0.5, 0.6) is 0 Å². The molecule has 0 amide bonds. The van der Waals surface area contributed by atoms with Gasteiger partial charge in [0.05, 0.1) is 12.1 Å². The molecule has 1 saturated carbocycles. The predicted molar refractivity (Wildman–Crippen MR) is 90.2 cm³/mol. The highest BCUT2D eigenvalue weighted by molar-refractivity contribution is 14.0. The number of nitrogens with zero attached hydrogens (tertiary/aromatic N) is 1. The van der Waals surface area contributed by atoms with E-state index in [1.807, 2.05) is 18.2 Å². The quantitative estimate of drug-likeness (QED) is 0.432. The fourth-order valence-corrected chi connectivity index (χ4v) is 1.98. The molecule has 0 spiro atoms. The van der Waals surface area contributed by atoms with Gasteiger partial charge < -0.3 is 16.2 Å². The number of benzene rings is 1. The van der Waals surface area contributed by atoms with Crippen LogP contribution in [0.4, 0.5) is 5.69 Å². The van der Waals surface area contributed by atoms with Crippen LogP contribution in [0, 0.1) is 13.8 Å². The molecule has 0 unspecified atom stereocenters. The zero-order chi connectivity index (χ0) is 13.2. The van der Waals surface area contributed by atoms with Crippen molar-refractivity contribution in [3.8, 4) is 0 Å². The minimum atomic E-state index is -0.616. The van der Waals surface area contributed by atoms with Gasteiger partial charge in [-0.15, -0.1) is 24.0 Å². The van der Waals surface area contributed by atoms with E-state index in [1.54, 1.807) is 0 Å². The Bertz CT molecular complexity index is 470. The van der Waals surface area contributed by atoms with Gasteiger partial charge in [0.2, 0.25) is 0 Å². The Balaban J connectivity index is 0.00000180. The molecule has 1 aromatic rings. The SMILES string of the molecule is Cc1ccc(NC(N)=NCC2(O)CCC2)cc1C.I. The average molecular weight is 375 g/mol. The molecule has 4 N–H and O–H groups in total. The van der Waals surface area contributed by atoms with E-state index in [2.05, 4.69) is 24.2 Å². The minimum Gasteiger partial charge on any atom is -0.388 e. The fraction of sp³-hybridized carbons (Fsp3) is 0.500. The van der Waals surface area contributed by atoms with Crippen molar-refractivity contribution in [1.29, 1.82) is 0 Å². The number of aliphatic hydroxyl groups is 1. The molecule has 0 heterocycles. The summed E-state index contributed by atoms with van der Waals surface area (Å²) in [5.41, 5.74) is 8.59. The number of nitrogens with two attached hydrogens (primary N) is 1. The van der Waals surface area contributed by atoms with Crippen LogP contribution < -0.4 is 11.1 Å². The topological polar surface area (TPSA) is 70.6 Å². The lowest BCUT2D eigenvalue weighted by Crippen LogP contribution is -2.41. The third kappa shape index (κ3) is 4.35. The molecular formula is C14H22IN3O. The highest BCUT2D eigenvalue weighted by Crippen LogP contribution is 2.31. The lowest BCUT2D eigenvalue weighted by atomic mass is 9.80. The van der Waals surface area contributed by atoms with Gasteiger partial charge in [-0.05, 0) is 56.4 Å². The first-order chi connectivity index (χ1) is 8.48. The van der Waals surface area contributed by atoms with Crippen molar-refractivity contribution >= 4 is 35.6 Å². The monoisotopic (exact) mass is 375 g/mol. The van der Waals surface area contributed by atoms with E-state index >= 15 is 0 Å². The third-order valence-electron chi connectivity index (χ3n) is 3.61. The van der Waals surface area contributed by atoms with Gasteiger partial charge in [-0.1, -0.05) is 6.07 Å². The van der Waals surface area contributed by atoms with Crippen LogP contribution in [-0.4, -0.2) is 23.2 Å². The zero-order valence-corrected chi connectivity index (χ0v) is 13.8.